The van der Waals surface area contributed by atoms with E-state index in [0.717, 1.165) is 28.1 Å². The lowest BCUT2D eigenvalue weighted by Crippen LogP contribution is -2.42. The summed E-state index contributed by atoms with van der Waals surface area (Å²) in [6, 6.07) is 3.13. The number of hydrogen-bond donors (Lipinski definition) is 2. The van der Waals surface area contributed by atoms with Crippen molar-refractivity contribution in [1.29, 1.82) is 0 Å². The molecule has 0 saturated carbocycles. The van der Waals surface area contributed by atoms with E-state index in [1.54, 1.807) is 23.7 Å². The number of fused-ring (bicyclic) bond motifs is 3. The van der Waals surface area contributed by atoms with Crippen LogP contribution in [0.5, 0.6) is 0 Å². The maximum Gasteiger partial charge on any atom is 0.305 e. The second kappa shape index (κ2) is 7.46. The van der Waals surface area contributed by atoms with Gasteiger partial charge in [-0.1, -0.05) is 11.8 Å². The topological polar surface area (TPSA) is 97.1 Å². The summed E-state index contributed by atoms with van der Waals surface area (Å²) in [5.41, 5.74) is 6.05. The van der Waals surface area contributed by atoms with Crippen molar-refractivity contribution in [3.05, 3.63) is 40.9 Å². The summed E-state index contributed by atoms with van der Waals surface area (Å²) in [6.45, 7) is 0. The van der Waals surface area contributed by atoms with E-state index in [2.05, 4.69) is 20.8 Å². The Morgan fingerprint density at radius 2 is 2.12 bits per heavy atom. The van der Waals surface area contributed by atoms with Crippen molar-refractivity contribution < 1.29 is 14.0 Å². The van der Waals surface area contributed by atoms with Crippen LogP contribution in [0, 0.1) is 0 Å². The number of aryl methyl sites for hydroxylation is 2. The molecule has 0 aromatic carbocycles. The first kappa shape index (κ1) is 17.0. The molecule has 0 spiro atoms. The van der Waals surface area contributed by atoms with Crippen LogP contribution in [-0.4, -0.2) is 27.5 Å². The Hall–Kier alpha value is -2.39. The first-order valence-corrected chi connectivity index (χ1v) is 10.0. The fraction of sp³-hybridized carbons (Fsp3) is 0.294. The van der Waals surface area contributed by atoms with Crippen molar-refractivity contribution in [3.63, 3.8) is 0 Å². The Morgan fingerprint density at radius 1 is 1.23 bits per heavy atom. The average molecular weight is 388 g/mol. The second-order valence-electron chi connectivity index (χ2n) is 5.84. The van der Waals surface area contributed by atoms with Crippen LogP contribution < -0.4 is 10.9 Å². The van der Waals surface area contributed by atoms with E-state index in [0.29, 0.717) is 0 Å². The number of thiophene rings is 1. The first-order chi connectivity index (χ1) is 12.7. The van der Waals surface area contributed by atoms with Crippen LogP contribution in [-0.2, 0) is 17.6 Å². The number of nitrogens with zero attached hydrogens (tertiary/aromatic N) is 2. The number of thioether (sulfide) groups is 1. The number of rotatable bonds is 4. The Balaban J connectivity index is 1.41. The van der Waals surface area contributed by atoms with Gasteiger partial charge in [0, 0.05) is 10.3 Å². The summed E-state index contributed by atoms with van der Waals surface area (Å²) in [6.07, 6.45) is 7.48. The van der Waals surface area contributed by atoms with Gasteiger partial charge in [-0.15, -0.1) is 11.3 Å². The molecule has 0 bridgehead atoms. The normalized spacial score (nSPS) is 13.4. The molecule has 0 radical (unpaired) electrons. The number of carbonyl (C=O) groups excluding carboxylic acids is 2. The summed E-state index contributed by atoms with van der Waals surface area (Å²) in [5, 5.41) is 1.91. The zero-order chi connectivity index (χ0) is 17.9. The van der Waals surface area contributed by atoms with E-state index in [9.17, 15) is 9.59 Å². The summed E-state index contributed by atoms with van der Waals surface area (Å²) < 4.78 is 4.96. The van der Waals surface area contributed by atoms with Crippen molar-refractivity contribution in [2.75, 3.05) is 5.75 Å². The fourth-order valence-corrected chi connectivity index (χ4v) is 5.06. The number of amides is 2. The molecule has 4 rings (SSSR count). The molecular formula is C17H16N4O3S2. The van der Waals surface area contributed by atoms with Crippen LogP contribution in [0.25, 0.3) is 10.2 Å². The van der Waals surface area contributed by atoms with Crippen molar-refractivity contribution in [1.82, 2.24) is 20.8 Å². The second-order valence-corrected chi connectivity index (χ2v) is 7.89. The lowest BCUT2D eigenvalue weighted by molar-refractivity contribution is -0.119. The Morgan fingerprint density at radius 3 is 2.96 bits per heavy atom. The molecular weight excluding hydrogens is 372 g/mol. The number of nitrogens with one attached hydrogen (secondary N) is 2. The number of furan rings is 1. The van der Waals surface area contributed by atoms with Crippen LogP contribution in [0.15, 0.2) is 34.2 Å². The number of hydrazine groups is 1. The predicted molar refractivity (Wildman–Crippen MR) is 99.1 cm³/mol. The highest BCUT2D eigenvalue weighted by atomic mass is 32.2. The van der Waals surface area contributed by atoms with Gasteiger partial charge in [-0.2, -0.15) is 0 Å². The van der Waals surface area contributed by atoms with Gasteiger partial charge in [0.2, 0.25) is 5.91 Å². The quantitative estimate of drug-likeness (QED) is 0.405. The van der Waals surface area contributed by atoms with E-state index in [1.807, 2.05) is 0 Å². The summed E-state index contributed by atoms with van der Waals surface area (Å²) in [4.78, 5) is 34.9. The molecule has 3 heterocycles. The Bertz CT molecular complexity index is 952. The molecule has 0 saturated heterocycles. The van der Waals surface area contributed by atoms with E-state index >= 15 is 0 Å². The maximum absolute atomic E-state index is 12.0. The van der Waals surface area contributed by atoms with Crippen LogP contribution in [0.2, 0.25) is 0 Å². The number of carbonyl (C=O) groups is 2. The molecule has 3 aromatic rings. The highest BCUT2D eigenvalue weighted by molar-refractivity contribution is 8.00. The summed E-state index contributed by atoms with van der Waals surface area (Å²) in [7, 11) is 0. The van der Waals surface area contributed by atoms with Gasteiger partial charge in [0.25, 0.3) is 0 Å². The molecule has 2 amide bonds. The molecule has 134 valence electrons. The minimum absolute atomic E-state index is 0.139. The third kappa shape index (κ3) is 3.45. The van der Waals surface area contributed by atoms with Crippen LogP contribution >= 0.6 is 23.1 Å². The molecule has 26 heavy (non-hydrogen) atoms. The molecule has 1 aliphatic rings. The average Bonchev–Trinajstić information content (AvgIpc) is 3.32. The Kier molecular flexibility index (Phi) is 4.89. The molecule has 0 aliphatic heterocycles. The van der Waals surface area contributed by atoms with E-state index in [-0.39, 0.29) is 17.4 Å². The number of hydrogen-bond acceptors (Lipinski definition) is 7. The van der Waals surface area contributed by atoms with Crippen molar-refractivity contribution in [2.24, 2.45) is 0 Å². The zero-order valence-electron chi connectivity index (χ0n) is 13.8. The third-order valence-electron chi connectivity index (χ3n) is 4.12. The molecule has 9 heteroatoms. The fourth-order valence-electron chi connectivity index (χ4n) is 2.94. The van der Waals surface area contributed by atoms with Gasteiger partial charge < -0.3 is 4.42 Å². The highest BCUT2D eigenvalue weighted by Crippen LogP contribution is 2.39. The molecule has 7 nitrogen and oxygen atoms in total. The van der Waals surface area contributed by atoms with Crippen molar-refractivity contribution in [3.8, 4) is 0 Å². The smallest absolute Gasteiger partial charge is 0.305 e. The summed E-state index contributed by atoms with van der Waals surface area (Å²) >= 11 is 3.08. The minimum Gasteiger partial charge on any atom is -0.459 e. The van der Waals surface area contributed by atoms with Gasteiger partial charge in [-0.25, -0.2) is 9.97 Å². The van der Waals surface area contributed by atoms with Gasteiger partial charge in [0.05, 0.1) is 12.0 Å². The lowest BCUT2D eigenvalue weighted by atomic mass is 9.97. The molecule has 2 N–H and O–H groups in total. The first-order valence-electron chi connectivity index (χ1n) is 8.23. The molecule has 0 unspecified atom stereocenters. The van der Waals surface area contributed by atoms with Gasteiger partial charge in [-0.05, 0) is 43.4 Å². The highest BCUT2D eigenvalue weighted by Gasteiger charge is 2.20. The standard InChI is InChI=1S/C17H16N4O3S2/c22-13(20-21-15(23)11-5-3-7-24-11)8-25-16-14-10-4-1-2-6-12(10)26-17(14)19-9-18-16/h3,5,7,9H,1-2,4,6,8H2,(H,20,22)(H,21,23). The molecule has 3 aromatic heterocycles. The van der Waals surface area contributed by atoms with E-state index < -0.39 is 5.91 Å². The van der Waals surface area contributed by atoms with E-state index in [1.165, 1.54) is 47.4 Å². The largest absolute Gasteiger partial charge is 0.459 e. The minimum atomic E-state index is -0.496. The third-order valence-corrected chi connectivity index (χ3v) is 6.31. The predicted octanol–water partition coefficient (Wildman–Crippen LogP) is 2.72. The monoisotopic (exact) mass is 388 g/mol. The van der Waals surface area contributed by atoms with Gasteiger partial charge >= 0.3 is 5.91 Å². The van der Waals surface area contributed by atoms with Crippen molar-refractivity contribution in [2.45, 2.75) is 30.7 Å². The van der Waals surface area contributed by atoms with Crippen LogP contribution in [0.4, 0.5) is 0 Å². The SMILES string of the molecule is O=C(CSc1ncnc2sc3c(c12)CCCC3)NNC(=O)c1ccco1. The Labute approximate surface area is 157 Å². The van der Waals surface area contributed by atoms with Crippen LogP contribution in [0.1, 0.15) is 33.8 Å². The molecule has 1 aliphatic carbocycles. The van der Waals surface area contributed by atoms with E-state index in [4.69, 9.17) is 4.42 Å². The summed E-state index contributed by atoms with van der Waals surface area (Å²) in [5.74, 6) is -0.523. The lowest BCUT2D eigenvalue weighted by Gasteiger charge is -2.11. The van der Waals surface area contributed by atoms with Gasteiger partial charge in [-0.3, -0.25) is 20.4 Å². The molecule has 0 atom stereocenters. The number of aromatic nitrogens is 2. The van der Waals surface area contributed by atoms with Crippen molar-refractivity contribution >= 4 is 45.1 Å². The van der Waals surface area contributed by atoms with Gasteiger partial charge in [0.1, 0.15) is 16.2 Å². The van der Waals surface area contributed by atoms with Gasteiger partial charge in [0.15, 0.2) is 5.76 Å². The molecule has 0 fully saturated rings. The maximum atomic E-state index is 12.0. The van der Waals surface area contributed by atoms with Crippen LogP contribution in [0.3, 0.4) is 0 Å². The zero-order valence-corrected chi connectivity index (χ0v) is 15.4.